The van der Waals surface area contributed by atoms with Crippen LogP contribution in [0.2, 0.25) is 0 Å². The summed E-state index contributed by atoms with van der Waals surface area (Å²) in [6, 6.07) is 4.68. The van der Waals surface area contributed by atoms with Gasteiger partial charge in [-0.3, -0.25) is 0 Å². The second-order valence-electron chi connectivity index (χ2n) is 5.52. The van der Waals surface area contributed by atoms with Gasteiger partial charge in [-0.05, 0) is 74.9 Å². The van der Waals surface area contributed by atoms with Crippen molar-refractivity contribution in [3.05, 3.63) is 54.9 Å². The van der Waals surface area contributed by atoms with Gasteiger partial charge in [0.25, 0.3) is 0 Å². The summed E-state index contributed by atoms with van der Waals surface area (Å²) in [5.74, 6) is 0. The first-order chi connectivity index (χ1) is 9.54. The maximum Gasteiger partial charge on any atom is 0.00953 e. The van der Waals surface area contributed by atoms with E-state index in [1.165, 1.54) is 48.2 Å². The predicted molar refractivity (Wildman–Crippen MR) is 92.8 cm³/mol. The Kier molecular flexibility index (Phi) is 3.70. The molecule has 3 rings (SSSR count). The molecule has 0 aliphatic heterocycles. The lowest BCUT2D eigenvalue weighted by Gasteiger charge is -2.14. The van der Waals surface area contributed by atoms with E-state index in [0.29, 0.717) is 0 Å². The van der Waals surface area contributed by atoms with Crippen molar-refractivity contribution in [2.24, 2.45) is 0 Å². The number of hydrogen-bond acceptors (Lipinski definition) is 2. The van der Waals surface area contributed by atoms with Crippen molar-refractivity contribution in [3.63, 3.8) is 0 Å². The van der Waals surface area contributed by atoms with Crippen LogP contribution in [0.5, 0.6) is 0 Å². The average Bonchev–Trinajstić information content (AvgIpc) is 2.91. The maximum atomic E-state index is 2.41. The molecule has 2 aromatic heterocycles. The number of rotatable bonds is 2. The molecule has 20 heavy (non-hydrogen) atoms. The molecule has 0 nitrogen and oxygen atoms in total. The van der Waals surface area contributed by atoms with E-state index in [1.807, 2.05) is 22.7 Å². The van der Waals surface area contributed by atoms with Crippen LogP contribution in [0.15, 0.2) is 24.3 Å². The van der Waals surface area contributed by atoms with Crippen LogP contribution in [0.25, 0.3) is 11.1 Å². The van der Waals surface area contributed by atoms with E-state index in [0.717, 1.165) is 6.42 Å². The molecule has 0 bridgehead atoms. The van der Waals surface area contributed by atoms with Crippen LogP contribution in [0.1, 0.15) is 43.5 Å². The van der Waals surface area contributed by atoms with E-state index in [9.17, 15) is 0 Å². The molecule has 0 radical (unpaired) electrons. The first-order valence-corrected chi connectivity index (χ1v) is 8.73. The molecule has 1 aliphatic carbocycles. The summed E-state index contributed by atoms with van der Waals surface area (Å²) in [4.78, 5) is 5.70. The Balaban J connectivity index is 2.01. The van der Waals surface area contributed by atoms with Gasteiger partial charge in [0, 0.05) is 19.5 Å². The van der Waals surface area contributed by atoms with E-state index in [-0.39, 0.29) is 0 Å². The summed E-state index contributed by atoms with van der Waals surface area (Å²) in [7, 11) is 0. The van der Waals surface area contributed by atoms with Gasteiger partial charge >= 0.3 is 0 Å². The third-order valence-electron chi connectivity index (χ3n) is 3.85. The molecule has 104 valence electrons. The third-order valence-corrected chi connectivity index (χ3v) is 5.78. The second kappa shape index (κ2) is 5.34. The lowest BCUT2D eigenvalue weighted by atomic mass is 9.91. The molecule has 0 fully saturated rings. The van der Waals surface area contributed by atoms with Gasteiger partial charge in [-0.2, -0.15) is 0 Å². The van der Waals surface area contributed by atoms with E-state index in [4.69, 9.17) is 0 Å². The maximum absolute atomic E-state index is 2.41. The Morgan fingerprint density at radius 2 is 1.45 bits per heavy atom. The van der Waals surface area contributed by atoms with Crippen molar-refractivity contribution in [2.45, 2.75) is 40.5 Å². The molecule has 2 aromatic rings. The Labute approximate surface area is 129 Å². The van der Waals surface area contributed by atoms with Crippen molar-refractivity contribution in [2.75, 3.05) is 0 Å². The van der Waals surface area contributed by atoms with Crippen LogP contribution in [-0.4, -0.2) is 0 Å². The fourth-order valence-electron chi connectivity index (χ4n) is 2.97. The number of allylic oxidation sites excluding steroid dienone is 4. The van der Waals surface area contributed by atoms with Gasteiger partial charge in [0.1, 0.15) is 0 Å². The first kappa shape index (κ1) is 13.8. The molecule has 0 aromatic carbocycles. The molecule has 0 saturated heterocycles. The zero-order valence-corrected chi connectivity index (χ0v) is 14.2. The fraction of sp³-hybridized carbons (Fsp3) is 0.333. The summed E-state index contributed by atoms with van der Waals surface area (Å²) >= 11 is 3.81. The van der Waals surface area contributed by atoms with E-state index < -0.39 is 0 Å². The van der Waals surface area contributed by atoms with Gasteiger partial charge in [-0.15, -0.1) is 22.7 Å². The van der Waals surface area contributed by atoms with E-state index in [2.05, 4.69) is 52.0 Å². The van der Waals surface area contributed by atoms with E-state index in [1.54, 1.807) is 0 Å². The molecular weight excluding hydrogens is 280 g/mol. The Morgan fingerprint density at radius 1 is 0.850 bits per heavy atom. The van der Waals surface area contributed by atoms with Crippen LogP contribution in [-0.2, 0) is 0 Å². The summed E-state index contributed by atoms with van der Waals surface area (Å²) < 4.78 is 0. The van der Waals surface area contributed by atoms with Crippen LogP contribution >= 0.6 is 22.7 Å². The minimum atomic E-state index is 1.16. The highest BCUT2D eigenvalue weighted by atomic mass is 32.1. The molecule has 0 N–H and O–H groups in total. The SMILES string of the molecule is Cc1cc(C2=CCCC(c3cc(C)sc3C)=C2)c(C)s1. The minimum Gasteiger partial charge on any atom is -0.145 e. The van der Waals surface area contributed by atoms with Gasteiger partial charge in [0.05, 0.1) is 0 Å². The monoisotopic (exact) mass is 300 g/mol. The van der Waals surface area contributed by atoms with Gasteiger partial charge < -0.3 is 0 Å². The Bertz CT molecular complexity index is 708. The van der Waals surface area contributed by atoms with Crippen molar-refractivity contribution in [3.8, 4) is 0 Å². The zero-order chi connectivity index (χ0) is 14.3. The molecule has 2 heteroatoms. The molecule has 0 atom stereocenters. The summed E-state index contributed by atoms with van der Waals surface area (Å²) in [6.45, 7) is 8.87. The molecular formula is C18H20S2. The topological polar surface area (TPSA) is 0 Å². The minimum absolute atomic E-state index is 1.16. The van der Waals surface area contributed by atoms with Crippen molar-refractivity contribution in [1.82, 2.24) is 0 Å². The number of thiophene rings is 2. The fourth-order valence-corrected chi connectivity index (χ4v) is 4.88. The molecule has 0 saturated carbocycles. The van der Waals surface area contributed by atoms with Gasteiger partial charge in [0.15, 0.2) is 0 Å². The van der Waals surface area contributed by atoms with Gasteiger partial charge in [-0.1, -0.05) is 12.2 Å². The normalized spacial score (nSPS) is 15.2. The Morgan fingerprint density at radius 3 is 2.00 bits per heavy atom. The summed E-state index contributed by atoms with van der Waals surface area (Å²) in [5.41, 5.74) is 5.81. The molecule has 2 heterocycles. The van der Waals surface area contributed by atoms with Gasteiger partial charge in [0.2, 0.25) is 0 Å². The van der Waals surface area contributed by atoms with Crippen LogP contribution < -0.4 is 0 Å². The molecule has 1 aliphatic rings. The zero-order valence-electron chi connectivity index (χ0n) is 12.5. The average molecular weight is 300 g/mol. The van der Waals surface area contributed by atoms with Crippen molar-refractivity contribution in [1.29, 1.82) is 0 Å². The summed E-state index contributed by atoms with van der Waals surface area (Å²) in [6.07, 6.45) is 7.13. The third kappa shape index (κ3) is 2.55. The highest BCUT2D eigenvalue weighted by molar-refractivity contribution is 7.12. The highest BCUT2D eigenvalue weighted by Gasteiger charge is 2.14. The lowest BCUT2D eigenvalue weighted by molar-refractivity contribution is 1.06. The highest BCUT2D eigenvalue weighted by Crippen LogP contribution is 2.37. The van der Waals surface area contributed by atoms with Crippen molar-refractivity contribution < 1.29 is 0 Å². The molecule has 0 unspecified atom stereocenters. The quantitative estimate of drug-likeness (QED) is 0.610. The molecule has 0 amide bonds. The Hall–Kier alpha value is -1.12. The predicted octanol–water partition coefficient (Wildman–Crippen LogP) is 6.30. The standard InChI is InChI=1S/C18H20S2/c1-11-8-17(13(3)19-11)15-6-5-7-16(10-15)18-9-12(2)20-14(18)4/h6,8-10H,5,7H2,1-4H3. The largest absolute Gasteiger partial charge is 0.145 e. The van der Waals surface area contributed by atoms with Crippen LogP contribution in [0, 0.1) is 27.7 Å². The summed E-state index contributed by atoms with van der Waals surface area (Å²) in [5, 5.41) is 0. The van der Waals surface area contributed by atoms with E-state index >= 15 is 0 Å². The molecule has 0 spiro atoms. The van der Waals surface area contributed by atoms with Gasteiger partial charge in [-0.25, -0.2) is 0 Å². The first-order valence-electron chi connectivity index (χ1n) is 7.10. The van der Waals surface area contributed by atoms with Crippen LogP contribution in [0.3, 0.4) is 0 Å². The lowest BCUT2D eigenvalue weighted by Crippen LogP contribution is -1.93. The smallest absolute Gasteiger partial charge is 0.00953 e. The number of hydrogen-bond donors (Lipinski definition) is 0. The van der Waals surface area contributed by atoms with Crippen LogP contribution in [0.4, 0.5) is 0 Å². The second-order valence-corrected chi connectivity index (χ2v) is 8.44. The number of aryl methyl sites for hydroxylation is 4. The van der Waals surface area contributed by atoms with Crippen molar-refractivity contribution >= 4 is 33.8 Å².